The van der Waals surface area contributed by atoms with Crippen molar-refractivity contribution in [2.45, 2.75) is 33.6 Å². The zero-order valence-electron chi connectivity index (χ0n) is 18.0. The number of carbonyl (C=O) groups excluding carboxylic acids is 3. The van der Waals surface area contributed by atoms with E-state index < -0.39 is 5.97 Å². The molecule has 162 valence electrons. The van der Waals surface area contributed by atoms with Gasteiger partial charge in [-0.05, 0) is 25.3 Å². The number of quaternary nitrogens is 2. The fraction of sp³-hybridized carbons (Fsp3) is 0.722. The Bertz CT molecular complexity index is 424. The van der Waals surface area contributed by atoms with Gasteiger partial charge in [0.2, 0.25) is 0 Å². The van der Waals surface area contributed by atoms with Gasteiger partial charge in [0.25, 0.3) is 11.8 Å². The number of nitrogens with two attached hydrogens (primary N) is 2. The molecule has 0 fully saturated rings. The van der Waals surface area contributed by atoms with Gasteiger partial charge in [-0.15, -0.1) is 0 Å². The molecule has 0 aromatic rings. The van der Waals surface area contributed by atoms with E-state index in [4.69, 9.17) is 11.5 Å². The van der Waals surface area contributed by atoms with E-state index in [0.717, 1.165) is 25.9 Å². The number of carbonyl (C=O) groups is 3. The summed E-state index contributed by atoms with van der Waals surface area (Å²) in [4.78, 5) is 30.5. The molecule has 0 aliphatic heterocycles. The summed E-state index contributed by atoms with van der Waals surface area (Å²) in [5.74, 6) is -1.63. The molecule has 0 saturated carbocycles. The molecule has 0 atom stereocenters. The van der Waals surface area contributed by atoms with Crippen molar-refractivity contribution >= 4 is 17.8 Å². The standard InChI is InChI=1S/2C7H16N2O.C4H6O2.ClH/c2*1-4-5-9(2,3)6-7(8)10;1-3(2)4(5)6;/h2*4-6H2,1-3H3,(H-,8,10);1H2,2H3,(H,5,6);1H. The van der Waals surface area contributed by atoms with E-state index in [1.54, 1.807) is 0 Å². The number of rotatable bonds is 9. The summed E-state index contributed by atoms with van der Waals surface area (Å²) in [6.45, 7) is 11.6. The Morgan fingerprint density at radius 3 is 1.19 bits per heavy atom. The summed E-state index contributed by atoms with van der Waals surface area (Å²) >= 11 is 0. The molecule has 0 rings (SSSR count). The van der Waals surface area contributed by atoms with Gasteiger partial charge in [-0.2, -0.15) is 0 Å². The highest BCUT2D eigenvalue weighted by molar-refractivity contribution is 5.82. The summed E-state index contributed by atoms with van der Waals surface area (Å²) in [6, 6.07) is 0. The highest BCUT2D eigenvalue weighted by Crippen LogP contribution is 1.97. The van der Waals surface area contributed by atoms with Crippen molar-refractivity contribution in [2.24, 2.45) is 11.5 Å². The van der Waals surface area contributed by atoms with Gasteiger partial charge in [-0.25, -0.2) is 0 Å². The zero-order valence-corrected chi connectivity index (χ0v) is 18.8. The normalized spacial score (nSPS) is 10.2. The number of hydrogen-bond acceptors (Lipinski definition) is 4. The van der Waals surface area contributed by atoms with Gasteiger partial charge in [-0.1, -0.05) is 20.4 Å². The van der Waals surface area contributed by atoms with Gasteiger partial charge in [-0.3, -0.25) is 9.59 Å². The number of nitrogens with zero attached hydrogens (tertiary/aromatic N) is 2. The average molecular weight is 411 g/mol. The fourth-order valence-corrected chi connectivity index (χ4v) is 2.21. The lowest BCUT2D eigenvalue weighted by Gasteiger charge is -2.27. The van der Waals surface area contributed by atoms with Crippen LogP contribution in [0.4, 0.5) is 0 Å². The van der Waals surface area contributed by atoms with Gasteiger partial charge in [0.1, 0.15) is 0 Å². The molecule has 0 spiro atoms. The second kappa shape index (κ2) is 16.5. The van der Waals surface area contributed by atoms with Crippen LogP contribution in [0, 0.1) is 0 Å². The molecule has 0 aliphatic rings. The van der Waals surface area contributed by atoms with Crippen LogP contribution in [0.1, 0.15) is 33.6 Å². The lowest BCUT2D eigenvalue weighted by Crippen LogP contribution is -3.00. The number of likely N-dealkylation sites (N-methyl/N-ethyl adjacent to an activating group) is 2. The van der Waals surface area contributed by atoms with E-state index in [1.807, 2.05) is 28.2 Å². The SMILES string of the molecule is C=C(C)C(=O)[O-].CCC[N+](C)(C)CC(N)=O.CCC[N+](C)(C)CC(N)=O.[Cl-]. The Morgan fingerprint density at radius 1 is 0.852 bits per heavy atom. The van der Waals surface area contributed by atoms with Crippen molar-refractivity contribution in [3.05, 3.63) is 12.2 Å². The molecule has 0 unspecified atom stereocenters. The number of primary amides is 2. The van der Waals surface area contributed by atoms with Crippen LogP contribution in [0.25, 0.3) is 0 Å². The molecule has 0 aromatic carbocycles. The number of aliphatic carboxylic acids is 1. The third kappa shape index (κ3) is 29.4. The van der Waals surface area contributed by atoms with Crippen molar-refractivity contribution in [1.29, 1.82) is 0 Å². The first-order chi connectivity index (χ1) is 11.6. The van der Waals surface area contributed by atoms with Crippen LogP contribution in [-0.2, 0) is 14.4 Å². The summed E-state index contributed by atoms with van der Waals surface area (Å²) in [5, 5.41) is 9.49. The van der Waals surface area contributed by atoms with Crippen molar-refractivity contribution < 1.29 is 40.9 Å². The summed E-state index contributed by atoms with van der Waals surface area (Å²) in [5.41, 5.74) is 10.2. The number of carboxylic acid groups (broad SMARTS) is 1. The Kier molecular flexibility index (Phi) is 20.2. The topological polar surface area (TPSA) is 126 Å². The first-order valence-electron chi connectivity index (χ1n) is 8.67. The number of hydrogen-bond donors (Lipinski definition) is 2. The van der Waals surface area contributed by atoms with Gasteiger partial charge in [0.05, 0.1) is 47.2 Å². The monoisotopic (exact) mass is 410 g/mol. The molecule has 0 aromatic heterocycles. The molecule has 0 heterocycles. The van der Waals surface area contributed by atoms with Crippen LogP contribution in [0.15, 0.2) is 12.2 Å². The molecule has 0 saturated heterocycles. The molecule has 4 N–H and O–H groups in total. The molecular weight excluding hydrogens is 372 g/mol. The van der Waals surface area contributed by atoms with Gasteiger partial charge >= 0.3 is 0 Å². The lowest BCUT2D eigenvalue weighted by atomic mass is 10.3. The van der Waals surface area contributed by atoms with E-state index in [0.29, 0.717) is 22.1 Å². The van der Waals surface area contributed by atoms with Crippen LogP contribution < -0.4 is 29.0 Å². The predicted octanol–water partition coefficient (Wildman–Crippen LogP) is -3.77. The largest absolute Gasteiger partial charge is 1.00 e. The lowest BCUT2D eigenvalue weighted by molar-refractivity contribution is -0.882. The van der Waals surface area contributed by atoms with Gasteiger partial charge in [0, 0.05) is 0 Å². The minimum Gasteiger partial charge on any atom is -1.00 e. The summed E-state index contributed by atoms with van der Waals surface area (Å²) < 4.78 is 1.40. The molecule has 0 aliphatic carbocycles. The third-order valence-corrected chi connectivity index (χ3v) is 3.17. The summed E-state index contributed by atoms with van der Waals surface area (Å²) in [6.07, 6.45) is 2.17. The Hall–Kier alpha value is -1.64. The van der Waals surface area contributed by atoms with E-state index in [1.165, 1.54) is 6.92 Å². The number of amides is 2. The fourth-order valence-electron chi connectivity index (χ4n) is 2.21. The second-order valence-electron chi connectivity index (χ2n) is 7.64. The highest BCUT2D eigenvalue weighted by atomic mass is 35.5. The van der Waals surface area contributed by atoms with Gasteiger partial charge < -0.3 is 42.7 Å². The minimum atomic E-state index is -1.19. The Balaban J connectivity index is -0.000000149. The zero-order chi connectivity index (χ0) is 21.6. The number of halogens is 1. The highest BCUT2D eigenvalue weighted by Gasteiger charge is 2.16. The predicted molar refractivity (Wildman–Crippen MR) is 102 cm³/mol. The van der Waals surface area contributed by atoms with Crippen LogP contribution in [0.2, 0.25) is 0 Å². The average Bonchev–Trinajstić information content (AvgIpc) is 2.36. The van der Waals surface area contributed by atoms with E-state index in [9.17, 15) is 19.5 Å². The van der Waals surface area contributed by atoms with E-state index in [2.05, 4.69) is 20.4 Å². The molecule has 0 bridgehead atoms. The maximum atomic E-state index is 10.5. The van der Waals surface area contributed by atoms with Crippen LogP contribution in [0.5, 0.6) is 0 Å². The Labute approximate surface area is 170 Å². The quantitative estimate of drug-likeness (QED) is 0.299. The van der Waals surface area contributed by atoms with Crippen LogP contribution >= 0.6 is 0 Å². The molecule has 0 radical (unpaired) electrons. The molecule has 27 heavy (non-hydrogen) atoms. The van der Waals surface area contributed by atoms with Crippen LogP contribution in [-0.4, -0.2) is 81.1 Å². The van der Waals surface area contributed by atoms with E-state index in [-0.39, 0.29) is 29.8 Å². The molecule has 9 heteroatoms. The maximum absolute atomic E-state index is 10.5. The van der Waals surface area contributed by atoms with Crippen LogP contribution in [0.3, 0.4) is 0 Å². The van der Waals surface area contributed by atoms with Crippen molar-refractivity contribution in [3.8, 4) is 0 Å². The second-order valence-corrected chi connectivity index (χ2v) is 7.64. The number of carboxylic acids is 1. The third-order valence-electron chi connectivity index (χ3n) is 3.17. The minimum absolute atomic E-state index is 0. The van der Waals surface area contributed by atoms with Crippen molar-refractivity contribution in [3.63, 3.8) is 0 Å². The maximum Gasteiger partial charge on any atom is 0.272 e. The molecular formula is C18H39ClN4O4. The molecule has 8 nitrogen and oxygen atoms in total. The van der Waals surface area contributed by atoms with Crippen molar-refractivity contribution in [1.82, 2.24) is 0 Å². The first kappa shape index (κ1) is 33.0. The molecule has 2 amide bonds. The van der Waals surface area contributed by atoms with Gasteiger partial charge in [0.15, 0.2) is 13.1 Å². The first-order valence-corrected chi connectivity index (χ1v) is 8.67. The Morgan fingerprint density at radius 2 is 1.07 bits per heavy atom. The van der Waals surface area contributed by atoms with Crippen molar-refractivity contribution in [2.75, 3.05) is 54.4 Å². The van der Waals surface area contributed by atoms with E-state index >= 15 is 0 Å². The summed E-state index contributed by atoms with van der Waals surface area (Å²) in [7, 11) is 8.03. The smallest absolute Gasteiger partial charge is 0.272 e.